The molecule has 1 aromatic carbocycles. The second-order valence-electron chi connectivity index (χ2n) is 5.22. The number of rotatable bonds is 5. The molecule has 0 radical (unpaired) electrons. The molecule has 0 bridgehead atoms. The van der Waals surface area contributed by atoms with Crippen molar-refractivity contribution in [1.29, 1.82) is 0 Å². The van der Waals surface area contributed by atoms with E-state index in [1.165, 1.54) is 22.5 Å². The molecule has 0 saturated carbocycles. The van der Waals surface area contributed by atoms with E-state index in [0.29, 0.717) is 11.6 Å². The van der Waals surface area contributed by atoms with Crippen LogP contribution in [0, 0.1) is 13.8 Å². The van der Waals surface area contributed by atoms with Gasteiger partial charge in [0.15, 0.2) is 5.13 Å². The van der Waals surface area contributed by atoms with Gasteiger partial charge in [-0.3, -0.25) is 4.79 Å². The van der Waals surface area contributed by atoms with E-state index in [1.807, 2.05) is 18.4 Å². The maximum atomic E-state index is 11.9. The SMILES string of the molecule is CCCC(N)C(=O)Nc1nc(-c2ccc(C)c(C)c2)cs1. The van der Waals surface area contributed by atoms with Crippen molar-refractivity contribution in [3.8, 4) is 11.3 Å². The van der Waals surface area contributed by atoms with E-state index >= 15 is 0 Å². The Balaban J connectivity index is 2.11. The van der Waals surface area contributed by atoms with Gasteiger partial charge >= 0.3 is 0 Å². The summed E-state index contributed by atoms with van der Waals surface area (Å²) in [5.41, 5.74) is 10.2. The molecule has 1 amide bonds. The fourth-order valence-electron chi connectivity index (χ4n) is 2.00. The molecule has 0 aliphatic heterocycles. The quantitative estimate of drug-likeness (QED) is 0.888. The Labute approximate surface area is 129 Å². The summed E-state index contributed by atoms with van der Waals surface area (Å²) in [6, 6.07) is 5.77. The standard InChI is InChI=1S/C16H21N3OS/c1-4-5-13(17)15(20)19-16-18-14(9-21-16)12-7-6-10(2)11(3)8-12/h6-9,13H,4-5,17H2,1-3H3,(H,18,19,20). The molecule has 1 heterocycles. The van der Waals surface area contributed by atoms with Gasteiger partial charge in [0.1, 0.15) is 0 Å². The lowest BCUT2D eigenvalue weighted by Gasteiger charge is -2.08. The Morgan fingerprint density at radius 3 is 2.81 bits per heavy atom. The lowest BCUT2D eigenvalue weighted by atomic mass is 10.1. The van der Waals surface area contributed by atoms with Crippen molar-refractivity contribution in [1.82, 2.24) is 4.98 Å². The van der Waals surface area contributed by atoms with Crippen molar-refractivity contribution in [2.45, 2.75) is 39.7 Å². The molecule has 1 aromatic heterocycles. The largest absolute Gasteiger partial charge is 0.320 e. The normalized spacial score (nSPS) is 12.2. The monoisotopic (exact) mass is 303 g/mol. The lowest BCUT2D eigenvalue weighted by molar-refractivity contribution is -0.117. The van der Waals surface area contributed by atoms with Crippen LogP contribution in [0.25, 0.3) is 11.3 Å². The summed E-state index contributed by atoms with van der Waals surface area (Å²) in [6.45, 7) is 6.17. The predicted octanol–water partition coefficient (Wildman–Crippen LogP) is 3.49. The third-order valence-corrected chi connectivity index (χ3v) is 4.23. The van der Waals surface area contributed by atoms with E-state index in [9.17, 15) is 4.79 Å². The number of nitrogens with two attached hydrogens (primary N) is 1. The van der Waals surface area contributed by atoms with E-state index in [1.54, 1.807) is 0 Å². The fourth-order valence-corrected chi connectivity index (χ4v) is 2.73. The van der Waals surface area contributed by atoms with Crippen LogP contribution in [-0.2, 0) is 4.79 Å². The highest BCUT2D eigenvalue weighted by atomic mass is 32.1. The van der Waals surface area contributed by atoms with E-state index < -0.39 is 6.04 Å². The van der Waals surface area contributed by atoms with Crippen molar-refractivity contribution >= 4 is 22.4 Å². The second kappa shape index (κ2) is 6.83. The first kappa shape index (κ1) is 15.7. The summed E-state index contributed by atoms with van der Waals surface area (Å²) in [5.74, 6) is -0.169. The second-order valence-corrected chi connectivity index (χ2v) is 6.08. The molecule has 5 heteroatoms. The van der Waals surface area contributed by atoms with Crippen LogP contribution in [-0.4, -0.2) is 16.9 Å². The van der Waals surface area contributed by atoms with Gasteiger partial charge in [-0.2, -0.15) is 0 Å². The molecule has 2 rings (SSSR count). The number of nitrogens with zero attached hydrogens (tertiary/aromatic N) is 1. The topological polar surface area (TPSA) is 68.0 Å². The first-order valence-electron chi connectivity index (χ1n) is 7.11. The highest BCUT2D eigenvalue weighted by molar-refractivity contribution is 7.14. The number of aromatic nitrogens is 1. The predicted molar refractivity (Wildman–Crippen MR) is 88.5 cm³/mol. The number of thiazole rings is 1. The van der Waals surface area contributed by atoms with E-state index in [-0.39, 0.29) is 5.91 Å². The van der Waals surface area contributed by atoms with Crippen LogP contribution in [0.1, 0.15) is 30.9 Å². The summed E-state index contributed by atoms with van der Waals surface area (Å²) >= 11 is 1.42. The minimum Gasteiger partial charge on any atom is -0.320 e. The molecule has 21 heavy (non-hydrogen) atoms. The minimum atomic E-state index is -0.469. The number of carbonyl (C=O) groups is 1. The molecule has 2 aromatic rings. The highest BCUT2D eigenvalue weighted by Gasteiger charge is 2.14. The first-order valence-corrected chi connectivity index (χ1v) is 7.98. The van der Waals surface area contributed by atoms with Gasteiger partial charge in [-0.15, -0.1) is 11.3 Å². The number of benzene rings is 1. The number of anilines is 1. The van der Waals surface area contributed by atoms with Crippen molar-refractivity contribution < 1.29 is 4.79 Å². The molecule has 0 spiro atoms. The van der Waals surface area contributed by atoms with Gasteiger partial charge in [-0.1, -0.05) is 25.5 Å². The number of carbonyl (C=O) groups excluding carboxylic acids is 1. The molecular weight excluding hydrogens is 282 g/mol. The smallest absolute Gasteiger partial charge is 0.243 e. The van der Waals surface area contributed by atoms with Crippen LogP contribution in [0.5, 0.6) is 0 Å². The van der Waals surface area contributed by atoms with Crippen LogP contribution < -0.4 is 11.1 Å². The van der Waals surface area contributed by atoms with Gasteiger partial charge in [-0.05, 0) is 37.5 Å². The zero-order valence-corrected chi connectivity index (χ0v) is 13.5. The number of amides is 1. The zero-order valence-electron chi connectivity index (χ0n) is 12.6. The van der Waals surface area contributed by atoms with Crippen molar-refractivity contribution in [2.24, 2.45) is 5.73 Å². The van der Waals surface area contributed by atoms with Crippen LogP contribution in [0.2, 0.25) is 0 Å². The maximum Gasteiger partial charge on any atom is 0.243 e. The van der Waals surface area contributed by atoms with Crippen LogP contribution in [0.3, 0.4) is 0 Å². The third-order valence-electron chi connectivity index (χ3n) is 3.47. The molecule has 4 nitrogen and oxygen atoms in total. The van der Waals surface area contributed by atoms with Gasteiger partial charge < -0.3 is 11.1 Å². The fraction of sp³-hybridized carbons (Fsp3) is 0.375. The number of hydrogen-bond acceptors (Lipinski definition) is 4. The van der Waals surface area contributed by atoms with Gasteiger partial charge in [0.2, 0.25) is 5.91 Å². The Morgan fingerprint density at radius 1 is 1.38 bits per heavy atom. The van der Waals surface area contributed by atoms with Crippen LogP contribution in [0.4, 0.5) is 5.13 Å². The molecule has 1 unspecified atom stereocenters. The third kappa shape index (κ3) is 3.89. The molecule has 0 fully saturated rings. The molecule has 0 aliphatic rings. The minimum absolute atomic E-state index is 0.169. The molecule has 0 aliphatic carbocycles. The Hall–Kier alpha value is -1.72. The molecule has 0 saturated heterocycles. The van der Waals surface area contributed by atoms with Gasteiger partial charge in [0.05, 0.1) is 11.7 Å². The summed E-state index contributed by atoms with van der Waals surface area (Å²) in [6.07, 6.45) is 1.57. The van der Waals surface area contributed by atoms with Crippen LogP contribution >= 0.6 is 11.3 Å². The van der Waals surface area contributed by atoms with Gasteiger partial charge in [0, 0.05) is 10.9 Å². The van der Waals surface area contributed by atoms with E-state index in [2.05, 4.69) is 36.3 Å². The Bertz CT molecular complexity index is 636. The van der Waals surface area contributed by atoms with E-state index in [0.717, 1.165) is 17.7 Å². The van der Waals surface area contributed by atoms with Crippen molar-refractivity contribution in [3.63, 3.8) is 0 Å². The molecule has 112 valence electrons. The summed E-state index contributed by atoms with van der Waals surface area (Å²) in [4.78, 5) is 16.3. The van der Waals surface area contributed by atoms with Crippen molar-refractivity contribution in [3.05, 3.63) is 34.7 Å². The zero-order chi connectivity index (χ0) is 15.4. The van der Waals surface area contributed by atoms with Gasteiger partial charge in [-0.25, -0.2) is 4.98 Å². The molecule has 1 atom stereocenters. The summed E-state index contributed by atoms with van der Waals surface area (Å²) in [5, 5.41) is 5.33. The van der Waals surface area contributed by atoms with Crippen molar-refractivity contribution in [2.75, 3.05) is 5.32 Å². The first-order chi connectivity index (χ1) is 10.0. The highest BCUT2D eigenvalue weighted by Crippen LogP contribution is 2.26. The maximum absolute atomic E-state index is 11.9. The average molecular weight is 303 g/mol. The van der Waals surface area contributed by atoms with E-state index in [4.69, 9.17) is 5.73 Å². The Morgan fingerprint density at radius 2 is 2.14 bits per heavy atom. The molecule has 3 N–H and O–H groups in total. The number of aryl methyl sites for hydroxylation is 2. The van der Waals surface area contributed by atoms with Crippen LogP contribution in [0.15, 0.2) is 23.6 Å². The molecular formula is C16H21N3OS. The number of hydrogen-bond donors (Lipinski definition) is 2. The number of nitrogens with one attached hydrogen (secondary N) is 1. The van der Waals surface area contributed by atoms with Gasteiger partial charge in [0.25, 0.3) is 0 Å². The Kier molecular flexibility index (Phi) is 5.09. The summed E-state index contributed by atoms with van der Waals surface area (Å²) < 4.78 is 0. The average Bonchev–Trinajstić information content (AvgIpc) is 2.90. The summed E-state index contributed by atoms with van der Waals surface area (Å²) in [7, 11) is 0. The lowest BCUT2D eigenvalue weighted by Crippen LogP contribution is -2.35.